The van der Waals surface area contributed by atoms with E-state index in [1.54, 1.807) is 17.0 Å². The van der Waals surface area contributed by atoms with E-state index in [0.29, 0.717) is 35.2 Å². The van der Waals surface area contributed by atoms with Crippen molar-refractivity contribution in [1.29, 1.82) is 5.26 Å². The standard InChI is InChI=1S/C21H25F3N6O/c1-29(2)8-5-16(13-31)28-17-9-15(21(22,23)24)11-30(12-17)18-4-3-14(10-25)19-20(18)27-7-6-26-19/h3-4,6-7,13,15-17,28H,5,8-9,11-12H2,1-2H3. The fraction of sp³-hybridized carbons (Fsp3) is 0.524. The Balaban J connectivity index is 1.91. The molecule has 1 aliphatic rings. The Morgan fingerprint density at radius 1 is 1.29 bits per heavy atom. The summed E-state index contributed by atoms with van der Waals surface area (Å²) < 4.78 is 41.1. The van der Waals surface area contributed by atoms with Gasteiger partial charge in [-0.2, -0.15) is 18.4 Å². The molecule has 1 fully saturated rings. The molecule has 0 spiro atoms. The van der Waals surface area contributed by atoms with Crippen LogP contribution in [-0.2, 0) is 4.79 Å². The number of carbonyl (C=O) groups excluding carboxylic acids is 1. The lowest BCUT2D eigenvalue weighted by Crippen LogP contribution is -2.55. The molecule has 0 bridgehead atoms. The summed E-state index contributed by atoms with van der Waals surface area (Å²) >= 11 is 0. The lowest BCUT2D eigenvalue weighted by atomic mass is 9.92. The van der Waals surface area contributed by atoms with Crippen LogP contribution in [0, 0.1) is 17.2 Å². The minimum Gasteiger partial charge on any atom is -0.368 e. The SMILES string of the molecule is CN(C)CCC(C=O)NC1CC(C(F)(F)F)CN(c2ccc(C#N)c3nccnc23)C1. The largest absolute Gasteiger partial charge is 0.393 e. The number of benzene rings is 1. The number of rotatable bonds is 7. The van der Waals surface area contributed by atoms with Crippen molar-refractivity contribution >= 4 is 23.0 Å². The molecule has 3 atom stereocenters. The van der Waals surface area contributed by atoms with Gasteiger partial charge in [-0.3, -0.25) is 9.97 Å². The van der Waals surface area contributed by atoms with Crippen LogP contribution in [0.3, 0.4) is 0 Å². The summed E-state index contributed by atoms with van der Waals surface area (Å²) in [5.41, 5.74) is 1.56. The van der Waals surface area contributed by atoms with Crippen LogP contribution in [0.2, 0.25) is 0 Å². The molecule has 3 unspecified atom stereocenters. The molecule has 1 aliphatic heterocycles. The van der Waals surface area contributed by atoms with E-state index in [2.05, 4.69) is 15.3 Å². The van der Waals surface area contributed by atoms with Crippen molar-refractivity contribution in [2.75, 3.05) is 38.6 Å². The third kappa shape index (κ3) is 5.48. The monoisotopic (exact) mass is 434 g/mol. The van der Waals surface area contributed by atoms with Gasteiger partial charge in [-0.05, 0) is 45.6 Å². The number of hydrogen-bond acceptors (Lipinski definition) is 7. The first kappa shape index (κ1) is 22.9. The number of aromatic nitrogens is 2. The van der Waals surface area contributed by atoms with Gasteiger partial charge in [0.05, 0.1) is 23.2 Å². The number of alkyl halides is 3. The predicted molar refractivity (Wildman–Crippen MR) is 111 cm³/mol. The van der Waals surface area contributed by atoms with Crippen molar-refractivity contribution < 1.29 is 18.0 Å². The summed E-state index contributed by atoms with van der Waals surface area (Å²) in [5.74, 6) is -1.55. The molecule has 10 heteroatoms. The Labute approximate surface area is 178 Å². The van der Waals surface area contributed by atoms with Crippen LogP contribution in [0.25, 0.3) is 11.0 Å². The molecule has 1 saturated heterocycles. The Hall–Kier alpha value is -2.77. The fourth-order valence-electron chi connectivity index (χ4n) is 3.93. The molecule has 2 aromatic rings. The molecule has 166 valence electrons. The minimum absolute atomic E-state index is 0.105. The highest BCUT2D eigenvalue weighted by atomic mass is 19.4. The van der Waals surface area contributed by atoms with Crippen molar-refractivity contribution in [3.63, 3.8) is 0 Å². The Bertz CT molecular complexity index is 958. The van der Waals surface area contributed by atoms with Crippen LogP contribution in [0.15, 0.2) is 24.5 Å². The second-order valence-corrected chi connectivity index (χ2v) is 8.07. The van der Waals surface area contributed by atoms with Gasteiger partial charge in [0.2, 0.25) is 0 Å². The van der Waals surface area contributed by atoms with Gasteiger partial charge in [0.25, 0.3) is 0 Å². The van der Waals surface area contributed by atoms with Crippen LogP contribution < -0.4 is 10.2 Å². The van der Waals surface area contributed by atoms with E-state index in [1.807, 2.05) is 25.1 Å². The number of carbonyl (C=O) groups is 1. The van der Waals surface area contributed by atoms with Crippen LogP contribution in [0.1, 0.15) is 18.4 Å². The van der Waals surface area contributed by atoms with Gasteiger partial charge >= 0.3 is 6.18 Å². The molecule has 1 aromatic carbocycles. The molecule has 0 amide bonds. The third-order valence-electron chi connectivity index (χ3n) is 5.48. The summed E-state index contributed by atoms with van der Waals surface area (Å²) in [5, 5.41) is 12.4. The summed E-state index contributed by atoms with van der Waals surface area (Å²) in [7, 11) is 3.75. The summed E-state index contributed by atoms with van der Waals surface area (Å²) in [4.78, 5) is 23.5. The number of nitrogens with one attached hydrogen (secondary N) is 1. The number of anilines is 1. The van der Waals surface area contributed by atoms with E-state index in [4.69, 9.17) is 0 Å². The maximum absolute atomic E-state index is 13.7. The second kappa shape index (κ2) is 9.58. The van der Waals surface area contributed by atoms with Crippen molar-refractivity contribution in [2.24, 2.45) is 5.92 Å². The number of hydrogen-bond donors (Lipinski definition) is 1. The normalized spacial score (nSPS) is 20.6. The number of fused-ring (bicyclic) bond motifs is 1. The van der Waals surface area contributed by atoms with E-state index in [9.17, 15) is 23.2 Å². The van der Waals surface area contributed by atoms with Crippen molar-refractivity contribution in [2.45, 2.75) is 31.1 Å². The number of nitrogens with zero attached hydrogens (tertiary/aromatic N) is 5. The summed E-state index contributed by atoms with van der Waals surface area (Å²) in [6.45, 7) is 0.713. The zero-order valence-corrected chi connectivity index (χ0v) is 17.4. The molecule has 3 rings (SSSR count). The van der Waals surface area contributed by atoms with E-state index in [0.717, 1.165) is 6.29 Å². The molecule has 0 aliphatic carbocycles. The Morgan fingerprint density at radius 2 is 2.00 bits per heavy atom. The molecule has 31 heavy (non-hydrogen) atoms. The number of nitriles is 1. The van der Waals surface area contributed by atoms with Crippen molar-refractivity contribution in [3.8, 4) is 6.07 Å². The average molecular weight is 434 g/mol. The first-order valence-electron chi connectivity index (χ1n) is 10.0. The second-order valence-electron chi connectivity index (χ2n) is 8.07. The van der Waals surface area contributed by atoms with Crippen LogP contribution in [0.5, 0.6) is 0 Å². The van der Waals surface area contributed by atoms with Crippen molar-refractivity contribution in [1.82, 2.24) is 20.2 Å². The van der Waals surface area contributed by atoms with E-state index in [1.165, 1.54) is 12.4 Å². The van der Waals surface area contributed by atoms with Gasteiger partial charge in [-0.25, -0.2) is 0 Å². The fourth-order valence-corrected chi connectivity index (χ4v) is 3.93. The maximum atomic E-state index is 13.7. The molecule has 7 nitrogen and oxygen atoms in total. The number of halogens is 3. The number of aldehydes is 1. The van der Waals surface area contributed by atoms with Crippen LogP contribution >= 0.6 is 0 Å². The third-order valence-corrected chi connectivity index (χ3v) is 5.48. The van der Waals surface area contributed by atoms with Gasteiger partial charge in [0.1, 0.15) is 23.4 Å². The van der Waals surface area contributed by atoms with Crippen LogP contribution in [0.4, 0.5) is 18.9 Å². The lowest BCUT2D eigenvalue weighted by Gasteiger charge is -2.41. The van der Waals surface area contributed by atoms with Gasteiger partial charge in [0, 0.05) is 31.5 Å². The molecule has 1 aromatic heterocycles. The van der Waals surface area contributed by atoms with Gasteiger partial charge < -0.3 is 19.9 Å². The van der Waals surface area contributed by atoms with Gasteiger partial charge in [0.15, 0.2) is 0 Å². The van der Waals surface area contributed by atoms with E-state index >= 15 is 0 Å². The highest BCUT2D eigenvalue weighted by Crippen LogP contribution is 2.37. The highest BCUT2D eigenvalue weighted by Gasteiger charge is 2.45. The lowest BCUT2D eigenvalue weighted by molar-refractivity contribution is -0.177. The van der Waals surface area contributed by atoms with Gasteiger partial charge in [-0.1, -0.05) is 0 Å². The zero-order valence-electron chi connectivity index (χ0n) is 17.4. The average Bonchev–Trinajstić information content (AvgIpc) is 2.74. The Morgan fingerprint density at radius 3 is 2.61 bits per heavy atom. The zero-order chi connectivity index (χ0) is 22.6. The topological polar surface area (TPSA) is 85.2 Å². The minimum atomic E-state index is -4.37. The predicted octanol–water partition coefficient (Wildman–Crippen LogP) is 2.37. The molecule has 1 N–H and O–H groups in total. The Kier molecular flexibility index (Phi) is 7.08. The molecule has 2 heterocycles. The van der Waals surface area contributed by atoms with Gasteiger partial charge in [-0.15, -0.1) is 0 Å². The first-order valence-corrected chi connectivity index (χ1v) is 10.0. The summed E-state index contributed by atoms with van der Waals surface area (Å²) in [6, 6.07) is 4.16. The quantitative estimate of drug-likeness (QED) is 0.670. The molecule has 0 radical (unpaired) electrons. The van der Waals surface area contributed by atoms with E-state index in [-0.39, 0.29) is 19.5 Å². The van der Waals surface area contributed by atoms with Crippen LogP contribution in [-0.4, -0.2) is 73.1 Å². The highest BCUT2D eigenvalue weighted by molar-refractivity contribution is 5.92. The molecule has 0 saturated carbocycles. The molecular formula is C21H25F3N6O. The number of piperidine rings is 1. The smallest absolute Gasteiger partial charge is 0.368 e. The van der Waals surface area contributed by atoms with E-state index < -0.39 is 24.2 Å². The first-order chi connectivity index (χ1) is 14.7. The molecular weight excluding hydrogens is 409 g/mol. The maximum Gasteiger partial charge on any atom is 0.393 e. The summed E-state index contributed by atoms with van der Waals surface area (Å²) in [6.07, 6.45) is -0.301. The van der Waals surface area contributed by atoms with Crippen molar-refractivity contribution in [3.05, 3.63) is 30.1 Å².